The first-order chi connectivity index (χ1) is 8.24. The molecule has 2 rings (SSSR count). The van der Waals surface area contributed by atoms with Gasteiger partial charge < -0.3 is 0 Å². The smallest absolute Gasteiger partial charge is 0.0503 e. The highest BCUT2D eigenvalue weighted by Gasteiger charge is 1.97. The number of nitrogens with zero attached hydrogens (tertiary/aromatic N) is 1. The molecule has 0 bridgehead atoms. The Labute approximate surface area is 119 Å². The first-order valence-corrected chi connectivity index (χ1v) is 7.49. The van der Waals surface area contributed by atoms with Crippen LogP contribution in [0.4, 0.5) is 0 Å². The summed E-state index contributed by atoms with van der Waals surface area (Å²) in [6.07, 6.45) is 1.83. The zero-order valence-electron chi connectivity index (χ0n) is 9.07. The number of aromatic nitrogens is 1. The Morgan fingerprint density at radius 3 is 2.47 bits per heavy atom. The van der Waals surface area contributed by atoms with E-state index in [0.29, 0.717) is 0 Å². The topological polar surface area (TPSA) is 12.9 Å². The van der Waals surface area contributed by atoms with E-state index in [9.17, 15) is 0 Å². The Kier molecular flexibility index (Phi) is 4.89. The van der Waals surface area contributed by atoms with E-state index in [4.69, 9.17) is 11.6 Å². The normalized spacial score (nSPS) is 10.5. The molecule has 0 aliphatic carbocycles. The molecule has 0 saturated carbocycles. The van der Waals surface area contributed by atoms with Crippen molar-refractivity contribution in [3.8, 4) is 0 Å². The van der Waals surface area contributed by atoms with Gasteiger partial charge in [-0.25, -0.2) is 0 Å². The molecule has 1 nitrogen and oxygen atoms in total. The molecule has 88 valence electrons. The summed E-state index contributed by atoms with van der Waals surface area (Å²) < 4.78 is 1.02. The van der Waals surface area contributed by atoms with Crippen molar-refractivity contribution in [2.24, 2.45) is 0 Å². The van der Waals surface area contributed by atoms with Crippen molar-refractivity contribution in [2.75, 3.05) is 0 Å². The number of thioether (sulfide) groups is 1. The zero-order valence-corrected chi connectivity index (χ0v) is 12.2. The van der Waals surface area contributed by atoms with Crippen LogP contribution in [0.15, 0.2) is 47.1 Å². The second-order valence-corrected chi connectivity index (χ2v) is 5.92. The molecule has 1 aromatic heterocycles. The number of halogens is 2. The third kappa shape index (κ3) is 4.34. The second-order valence-electron chi connectivity index (χ2n) is 3.59. The van der Waals surface area contributed by atoms with Crippen LogP contribution in [0.5, 0.6) is 0 Å². The van der Waals surface area contributed by atoms with Crippen LogP contribution in [0.25, 0.3) is 0 Å². The number of hydrogen-bond donors (Lipinski definition) is 0. The summed E-state index contributed by atoms with van der Waals surface area (Å²) in [7, 11) is 0. The molecule has 1 aromatic carbocycles. The Bertz CT molecular complexity index is 424. The molecule has 0 N–H and O–H groups in total. The summed E-state index contributed by atoms with van der Waals surface area (Å²) in [4.78, 5) is 4.33. The van der Waals surface area contributed by atoms with Crippen LogP contribution in [0.2, 0.25) is 5.02 Å². The number of hydrogen-bond acceptors (Lipinski definition) is 2. The van der Waals surface area contributed by atoms with Crippen LogP contribution >= 0.6 is 39.3 Å². The summed E-state index contributed by atoms with van der Waals surface area (Å²) in [5.74, 6) is 1.91. The van der Waals surface area contributed by atoms with Gasteiger partial charge >= 0.3 is 0 Å². The van der Waals surface area contributed by atoms with Crippen molar-refractivity contribution in [1.29, 1.82) is 0 Å². The van der Waals surface area contributed by atoms with Crippen LogP contribution in [0, 0.1) is 0 Å². The number of benzene rings is 1. The Hall–Kier alpha value is -0.510. The lowest BCUT2D eigenvalue weighted by atomic mass is 10.2. The van der Waals surface area contributed by atoms with Gasteiger partial charge in [-0.15, -0.1) is 0 Å². The van der Waals surface area contributed by atoms with Crippen molar-refractivity contribution in [3.63, 3.8) is 0 Å². The largest absolute Gasteiger partial charge is 0.259 e. The monoisotopic (exact) mass is 327 g/mol. The predicted molar refractivity (Wildman–Crippen MR) is 78.4 cm³/mol. The average Bonchev–Trinajstić information content (AvgIpc) is 2.34. The fraction of sp³-hybridized carbons (Fsp3) is 0.154. The maximum atomic E-state index is 5.84. The molecule has 0 atom stereocenters. The Balaban J connectivity index is 1.83. The molecule has 0 aliphatic heterocycles. The quantitative estimate of drug-likeness (QED) is 0.789. The first-order valence-electron chi connectivity index (χ1n) is 5.16. The van der Waals surface area contributed by atoms with E-state index < -0.39 is 0 Å². The van der Waals surface area contributed by atoms with Crippen LogP contribution < -0.4 is 0 Å². The van der Waals surface area contributed by atoms with Gasteiger partial charge in [0.25, 0.3) is 0 Å². The number of rotatable bonds is 4. The molecule has 0 radical (unpaired) electrons. The Morgan fingerprint density at radius 2 is 1.82 bits per heavy atom. The molecule has 0 aliphatic rings. The summed E-state index contributed by atoms with van der Waals surface area (Å²) >= 11 is 11.1. The van der Waals surface area contributed by atoms with Gasteiger partial charge in [-0.2, -0.15) is 11.8 Å². The number of pyridine rings is 1. The van der Waals surface area contributed by atoms with Crippen molar-refractivity contribution in [2.45, 2.75) is 11.5 Å². The van der Waals surface area contributed by atoms with E-state index in [2.05, 4.69) is 33.0 Å². The molecule has 1 heterocycles. The zero-order chi connectivity index (χ0) is 12.1. The van der Waals surface area contributed by atoms with Crippen molar-refractivity contribution in [1.82, 2.24) is 4.98 Å². The first kappa shape index (κ1) is 12.9. The van der Waals surface area contributed by atoms with Crippen molar-refractivity contribution < 1.29 is 0 Å². The minimum Gasteiger partial charge on any atom is -0.259 e. The molecule has 0 saturated heterocycles. The molecule has 17 heavy (non-hydrogen) atoms. The van der Waals surface area contributed by atoms with Crippen molar-refractivity contribution in [3.05, 3.63) is 63.3 Å². The SMILES string of the molecule is Clc1ccc(CSCc2ccc(Br)cn2)cc1. The van der Waals surface area contributed by atoms with E-state index in [-0.39, 0.29) is 0 Å². The fourth-order valence-corrected chi connectivity index (χ4v) is 2.62. The summed E-state index contributed by atoms with van der Waals surface area (Å²) in [6.45, 7) is 0. The van der Waals surface area contributed by atoms with Gasteiger partial charge in [-0.3, -0.25) is 4.98 Å². The maximum Gasteiger partial charge on any atom is 0.0503 e. The highest BCUT2D eigenvalue weighted by molar-refractivity contribution is 9.10. The van der Waals surface area contributed by atoms with Gasteiger partial charge in [0, 0.05) is 27.2 Å². The lowest BCUT2D eigenvalue weighted by Crippen LogP contribution is -1.87. The molecule has 0 unspecified atom stereocenters. The van der Waals surface area contributed by atoms with Crippen LogP contribution in [-0.4, -0.2) is 4.98 Å². The molecule has 0 spiro atoms. The van der Waals surface area contributed by atoms with Gasteiger partial charge in [-0.05, 0) is 45.8 Å². The molecule has 0 amide bonds. The minimum atomic E-state index is 0.785. The third-order valence-corrected chi connectivity index (χ3v) is 3.98. The summed E-state index contributed by atoms with van der Waals surface area (Å²) in [5.41, 5.74) is 2.39. The van der Waals surface area contributed by atoms with Crippen molar-refractivity contribution >= 4 is 39.3 Å². The van der Waals surface area contributed by atoms with Gasteiger partial charge in [0.1, 0.15) is 0 Å². The fourth-order valence-electron chi connectivity index (χ4n) is 1.35. The lowest BCUT2D eigenvalue weighted by Gasteiger charge is -2.02. The maximum absolute atomic E-state index is 5.84. The molecule has 0 fully saturated rings. The van der Waals surface area contributed by atoms with Crippen LogP contribution in [-0.2, 0) is 11.5 Å². The average molecular weight is 329 g/mol. The van der Waals surface area contributed by atoms with Gasteiger partial charge in [0.2, 0.25) is 0 Å². The van der Waals surface area contributed by atoms with Gasteiger partial charge in [0.05, 0.1) is 5.69 Å². The minimum absolute atomic E-state index is 0.785. The van der Waals surface area contributed by atoms with Crippen LogP contribution in [0.3, 0.4) is 0 Å². The summed E-state index contributed by atoms with van der Waals surface area (Å²) in [5, 5.41) is 0.785. The summed E-state index contributed by atoms with van der Waals surface area (Å²) in [6, 6.07) is 12.0. The molecular weight excluding hydrogens is 318 g/mol. The van der Waals surface area contributed by atoms with Crippen LogP contribution in [0.1, 0.15) is 11.3 Å². The highest BCUT2D eigenvalue weighted by atomic mass is 79.9. The van der Waals surface area contributed by atoms with Gasteiger partial charge in [0.15, 0.2) is 0 Å². The van der Waals surface area contributed by atoms with Gasteiger partial charge in [-0.1, -0.05) is 23.7 Å². The van der Waals surface area contributed by atoms with E-state index in [1.807, 2.05) is 42.2 Å². The Morgan fingerprint density at radius 1 is 1.06 bits per heavy atom. The highest BCUT2D eigenvalue weighted by Crippen LogP contribution is 2.19. The molecule has 4 heteroatoms. The van der Waals surface area contributed by atoms with E-state index in [0.717, 1.165) is 26.7 Å². The van der Waals surface area contributed by atoms with E-state index in [1.165, 1.54) is 5.56 Å². The molecular formula is C13H11BrClNS. The predicted octanol–water partition coefficient (Wildman–Crippen LogP) is 4.93. The lowest BCUT2D eigenvalue weighted by molar-refractivity contribution is 1.16. The second kappa shape index (κ2) is 6.43. The molecule has 2 aromatic rings. The van der Waals surface area contributed by atoms with E-state index in [1.54, 1.807) is 0 Å². The standard InChI is InChI=1S/C13H11BrClNS/c14-11-3-6-13(16-7-11)9-17-8-10-1-4-12(15)5-2-10/h1-7H,8-9H2. The third-order valence-electron chi connectivity index (χ3n) is 2.22. The van der Waals surface area contributed by atoms with E-state index >= 15 is 0 Å².